The van der Waals surface area contributed by atoms with Crippen molar-refractivity contribution in [3.05, 3.63) is 26.5 Å². The average molecular weight is 376 g/mol. The number of nitrogens with zero attached hydrogens (tertiary/aromatic N) is 1. The van der Waals surface area contributed by atoms with E-state index in [0.29, 0.717) is 0 Å². The van der Waals surface area contributed by atoms with E-state index in [0.717, 1.165) is 22.1 Å². The van der Waals surface area contributed by atoms with Gasteiger partial charge in [-0.25, -0.2) is 0 Å². The van der Waals surface area contributed by atoms with Crippen molar-refractivity contribution in [1.82, 2.24) is 9.55 Å². The molecule has 5 heteroatoms. The molecule has 0 amide bonds. The molecule has 1 aliphatic rings. The number of rotatable bonds is 2. The number of aromatic nitrogens is 2. The fraction of sp³-hybridized carbons (Fsp3) is 0.417. The van der Waals surface area contributed by atoms with Gasteiger partial charge in [0.05, 0.1) is 11.0 Å². The van der Waals surface area contributed by atoms with E-state index in [-0.39, 0.29) is 0 Å². The number of hydrogen-bond donors (Lipinski definition) is 1. The highest BCUT2D eigenvalue weighted by molar-refractivity contribution is 14.1. The smallest absolute Gasteiger partial charge is 0.178 e. The normalized spacial score (nSPS) is 20.2. The first-order valence-electron chi connectivity index (χ1n) is 5.74. The molecule has 17 heavy (non-hydrogen) atoms. The molecule has 2 nitrogen and oxygen atoms in total. The Morgan fingerprint density at radius 1 is 1.53 bits per heavy atom. The van der Waals surface area contributed by atoms with E-state index < -0.39 is 0 Å². The molecule has 0 radical (unpaired) electrons. The molecule has 1 aliphatic heterocycles. The Bertz CT molecular complexity index is 596. The minimum atomic E-state index is 0.736. The van der Waals surface area contributed by atoms with Crippen LogP contribution in [-0.4, -0.2) is 20.6 Å². The maximum absolute atomic E-state index is 5.43. The highest BCUT2D eigenvalue weighted by atomic mass is 127. The van der Waals surface area contributed by atoms with E-state index in [4.69, 9.17) is 12.2 Å². The van der Waals surface area contributed by atoms with Crippen molar-refractivity contribution in [3.8, 4) is 0 Å². The maximum Gasteiger partial charge on any atom is 0.178 e. The van der Waals surface area contributed by atoms with E-state index in [2.05, 4.69) is 62.1 Å². The first-order chi connectivity index (χ1) is 8.24. The summed E-state index contributed by atoms with van der Waals surface area (Å²) in [5.74, 6) is 1.30. The molecule has 1 unspecified atom stereocenters. The van der Waals surface area contributed by atoms with Crippen LogP contribution < -0.4 is 0 Å². The van der Waals surface area contributed by atoms with Crippen LogP contribution in [0.4, 0.5) is 0 Å². The molecular weight excluding hydrogens is 363 g/mol. The second-order valence-electron chi connectivity index (χ2n) is 4.34. The minimum absolute atomic E-state index is 0.736. The van der Waals surface area contributed by atoms with Gasteiger partial charge in [-0.2, -0.15) is 11.8 Å². The Morgan fingerprint density at radius 2 is 2.41 bits per heavy atom. The highest BCUT2D eigenvalue weighted by Crippen LogP contribution is 2.29. The Balaban J connectivity index is 2.02. The number of aromatic amines is 1. The number of hydrogen-bond acceptors (Lipinski definition) is 2. The van der Waals surface area contributed by atoms with Gasteiger partial charge in [0.25, 0.3) is 0 Å². The van der Waals surface area contributed by atoms with Crippen LogP contribution in [0.15, 0.2) is 18.2 Å². The number of benzene rings is 1. The Hall–Kier alpha value is -0.0100. The molecule has 1 N–H and O–H groups in total. The maximum atomic E-state index is 5.43. The van der Waals surface area contributed by atoms with E-state index in [9.17, 15) is 0 Å². The lowest BCUT2D eigenvalue weighted by molar-refractivity contribution is 0.645. The van der Waals surface area contributed by atoms with Crippen LogP contribution in [0.3, 0.4) is 0 Å². The van der Waals surface area contributed by atoms with Gasteiger partial charge in [-0.15, -0.1) is 0 Å². The second-order valence-corrected chi connectivity index (χ2v) is 7.38. The molecule has 2 heterocycles. The topological polar surface area (TPSA) is 20.7 Å². The van der Waals surface area contributed by atoms with Gasteiger partial charge < -0.3 is 9.55 Å². The van der Waals surface area contributed by atoms with Crippen LogP contribution in [0.5, 0.6) is 0 Å². The van der Waals surface area contributed by atoms with Crippen LogP contribution in [0.2, 0.25) is 0 Å². The molecule has 3 rings (SSSR count). The van der Waals surface area contributed by atoms with E-state index in [1.54, 1.807) is 0 Å². The number of halogens is 1. The first-order valence-corrected chi connectivity index (χ1v) is 8.27. The Morgan fingerprint density at radius 3 is 3.18 bits per heavy atom. The summed E-state index contributed by atoms with van der Waals surface area (Å²) in [6.45, 7) is 1.05. The van der Waals surface area contributed by atoms with Gasteiger partial charge in [0, 0.05) is 15.4 Å². The molecule has 90 valence electrons. The molecule has 0 aliphatic carbocycles. The Kier molecular flexibility index (Phi) is 3.49. The van der Waals surface area contributed by atoms with E-state index in [1.165, 1.54) is 27.7 Å². The van der Waals surface area contributed by atoms with Gasteiger partial charge >= 0.3 is 0 Å². The third-order valence-electron chi connectivity index (χ3n) is 3.15. The summed E-state index contributed by atoms with van der Waals surface area (Å²) in [5.41, 5.74) is 2.40. The fourth-order valence-electron chi connectivity index (χ4n) is 2.31. The number of fused-ring (bicyclic) bond motifs is 1. The predicted molar refractivity (Wildman–Crippen MR) is 85.3 cm³/mol. The SMILES string of the molecule is S=c1[nH]c2cc(I)ccc2n1CC1CCCS1. The van der Waals surface area contributed by atoms with E-state index in [1.807, 2.05) is 0 Å². The molecule has 1 atom stereocenters. The molecule has 2 aromatic rings. The summed E-state index contributed by atoms with van der Waals surface area (Å²) in [5, 5.41) is 0.736. The average Bonchev–Trinajstić information content (AvgIpc) is 2.88. The largest absolute Gasteiger partial charge is 0.331 e. The van der Waals surface area contributed by atoms with Crippen molar-refractivity contribution < 1.29 is 0 Å². The number of H-pyrrole nitrogens is 1. The lowest BCUT2D eigenvalue weighted by atomic mass is 10.2. The molecular formula is C12H13IN2S2. The van der Waals surface area contributed by atoms with Crippen LogP contribution in [0, 0.1) is 8.34 Å². The number of nitrogens with one attached hydrogen (secondary N) is 1. The molecule has 1 aromatic carbocycles. The van der Waals surface area contributed by atoms with Crippen molar-refractivity contribution in [2.24, 2.45) is 0 Å². The summed E-state index contributed by atoms with van der Waals surface area (Å²) < 4.78 is 4.35. The summed E-state index contributed by atoms with van der Waals surface area (Å²) in [6, 6.07) is 6.47. The first kappa shape index (κ1) is 12.0. The molecule has 1 saturated heterocycles. The molecule has 1 fully saturated rings. The third kappa shape index (κ3) is 2.42. The van der Waals surface area contributed by atoms with Gasteiger partial charge in [0.15, 0.2) is 4.77 Å². The summed E-state index contributed by atoms with van der Waals surface area (Å²) in [7, 11) is 0. The molecule has 0 saturated carbocycles. The highest BCUT2D eigenvalue weighted by Gasteiger charge is 2.17. The van der Waals surface area contributed by atoms with Crippen molar-refractivity contribution in [3.63, 3.8) is 0 Å². The van der Waals surface area contributed by atoms with Gasteiger partial charge in [0.2, 0.25) is 0 Å². The zero-order chi connectivity index (χ0) is 11.8. The number of thioether (sulfide) groups is 1. The summed E-state index contributed by atoms with van der Waals surface area (Å²) in [4.78, 5) is 3.31. The lowest BCUT2D eigenvalue weighted by Crippen LogP contribution is -2.09. The zero-order valence-electron chi connectivity index (χ0n) is 9.28. The van der Waals surface area contributed by atoms with Crippen LogP contribution >= 0.6 is 46.6 Å². The molecule has 0 bridgehead atoms. The monoisotopic (exact) mass is 376 g/mol. The molecule has 1 aromatic heterocycles. The second kappa shape index (κ2) is 4.93. The standard InChI is InChI=1S/C12H13IN2S2/c13-8-3-4-11-10(6-8)14-12(16)15(11)7-9-2-1-5-17-9/h3-4,6,9H,1-2,5,7H2,(H,14,16). The van der Waals surface area contributed by atoms with Crippen molar-refractivity contribution >= 4 is 57.6 Å². The van der Waals surface area contributed by atoms with Crippen molar-refractivity contribution in [2.75, 3.05) is 5.75 Å². The number of imidazole rings is 1. The van der Waals surface area contributed by atoms with Gasteiger partial charge in [-0.3, -0.25) is 0 Å². The molecule has 0 spiro atoms. The van der Waals surface area contributed by atoms with Crippen molar-refractivity contribution in [2.45, 2.75) is 24.6 Å². The Labute approximate surface area is 123 Å². The summed E-state index contributed by atoms with van der Waals surface area (Å²) >= 11 is 9.84. The minimum Gasteiger partial charge on any atom is -0.331 e. The van der Waals surface area contributed by atoms with Crippen LogP contribution in [0.1, 0.15) is 12.8 Å². The zero-order valence-corrected chi connectivity index (χ0v) is 13.1. The van der Waals surface area contributed by atoms with Crippen LogP contribution in [0.25, 0.3) is 11.0 Å². The van der Waals surface area contributed by atoms with Crippen molar-refractivity contribution in [1.29, 1.82) is 0 Å². The quantitative estimate of drug-likeness (QED) is 0.627. The fourth-order valence-corrected chi connectivity index (χ4v) is 4.34. The van der Waals surface area contributed by atoms with E-state index >= 15 is 0 Å². The van der Waals surface area contributed by atoms with Gasteiger partial charge in [-0.05, 0) is 71.6 Å². The van der Waals surface area contributed by atoms with Gasteiger partial charge in [0.1, 0.15) is 0 Å². The van der Waals surface area contributed by atoms with Crippen LogP contribution in [-0.2, 0) is 6.54 Å². The summed E-state index contributed by atoms with van der Waals surface area (Å²) in [6.07, 6.45) is 2.67. The van der Waals surface area contributed by atoms with Gasteiger partial charge in [-0.1, -0.05) is 0 Å². The predicted octanol–water partition coefficient (Wildman–Crippen LogP) is 4.20. The lowest BCUT2D eigenvalue weighted by Gasteiger charge is -2.10. The third-order valence-corrected chi connectivity index (χ3v) is 5.52.